The Hall–Kier alpha value is -1.40. The third-order valence-electron chi connectivity index (χ3n) is 1.69. The second kappa shape index (κ2) is 4.73. The molecule has 1 rings (SSSR count). The summed E-state index contributed by atoms with van der Waals surface area (Å²) in [6, 6.07) is 1.24. The SMILES string of the molecule is CC(OCCO)n1ccc(=O)[nH]c1=O. The predicted molar refractivity (Wildman–Crippen MR) is 49.1 cm³/mol. The highest BCUT2D eigenvalue weighted by Crippen LogP contribution is 2.01. The Morgan fingerprint density at radius 3 is 2.93 bits per heavy atom. The van der Waals surface area contributed by atoms with Gasteiger partial charge in [0.2, 0.25) is 0 Å². The lowest BCUT2D eigenvalue weighted by atomic mass is 10.5. The van der Waals surface area contributed by atoms with Crippen LogP contribution in [0.25, 0.3) is 0 Å². The van der Waals surface area contributed by atoms with Crippen LogP contribution in [-0.4, -0.2) is 27.9 Å². The lowest BCUT2D eigenvalue weighted by Gasteiger charge is -2.13. The van der Waals surface area contributed by atoms with Crippen LogP contribution in [0.15, 0.2) is 21.9 Å². The summed E-state index contributed by atoms with van der Waals surface area (Å²) in [5, 5.41) is 8.51. The van der Waals surface area contributed by atoms with E-state index in [0.717, 1.165) is 0 Å². The van der Waals surface area contributed by atoms with Gasteiger partial charge in [-0.2, -0.15) is 0 Å². The number of aliphatic hydroxyl groups is 1. The summed E-state index contributed by atoms with van der Waals surface area (Å²) in [7, 11) is 0. The molecule has 1 heterocycles. The summed E-state index contributed by atoms with van der Waals surface area (Å²) in [5.74, 6) is 0. The lowest BCUT2D eigenvalue weighted by Crippen LogP contribution is -2.31. The van der Waals surface area contributed by atoms with Crippen LogP contribution in [-0.2, 0) is 4.74 Å². The first-order valence-corrected chi connectivity index (χ1v) is 4.19. The molecular weight excluding hydrogens is 188 g/mol. The molecule has 1 aromatic rings. The first-order chi connectivity index (χ1) is 6.65. The van der Waals surface area contributed by atoms with Crippen LogP contribution in [0, 0.1) is 0 Å². The molecule has 14 heavy (non-hydrogen) atoms. The summed E-state index contributed by atoms with van der Waals surface area (Å²) >= 11 is 0. The van der Waals surface area contributed by atoms with E-state index in [0.29, 0.717) is 0 Å². The number of rotatable bonds is 4. The van der Waals surface area contributed by atoms with Crippen molar-refractivity contribution in [1.29, 1.82) is 0 Å². The molecule has 0 radical (unpaired) electrons. The van der Waals surface area contributed by atoms with E-state index >= 15 is 0 Å². The fraction of sp³-hybridized carbons (Fsp3) is 0.500. The zero-order valence-corrected chi connectivity index (χ0v) is 7.77. The summed E-state index contributed by atoms with van der Waals surface area (Å²) < 4.78 is 6.32. The third-order valence-corrected chi connectivity index (χ3v) is 1.69. The van der Waals surface area contributed by atoms with Crippen molar-refractivity contribution in [3.8, 4) is 0 Å². The van der Waals surface area contributed by atoms with Crippen molar-refractivity contribution in [2.45, 2.75) is 13.2 Å². The molecule has 1 aromatic heterocycles. The van der Waals surface area contributed by atoms with Gasteiger partial charge in [0, 0.05) is 12.3 Å². The minimum Gasteiger partial charge on any atom is -0.394 e. The van der Waals surface area contributed by atoms with Crippen molar-refractivity contribution >= 4 is 0 Å². The molecule has 1 atom stereocenters. The van der Waals surface area contributed by atoms with Crippen LogP contribution in [0.3, 0.4) is 0 Å². The maximum atomic E-state index is 11.2. The van der Waals surface area contributed by atoms with Gasteiger partial charge in [-0.15, -0.1) is 0 Å². The molecule has 0 amide bonds. The Bertz CT molecular complexity index is 395. The highest BCUT2D eigenvalue weighted by molar-refractivity contribution is 4.83. The monoisotopic (exact) mass is 200 g/mol. The average Bonchev–Trinajstić information content (AvgIpc) is 2.14. The molecule has 0 spiro atoms. The molecule has 0 fully saturated rings. The second-order valence-electron chi connectivity index (χ2n) is 2.71. The lowest BCUT2D eigenvalue weighted by molar-refractivity contribution is -0.00570. The molecule has 78 valence electrons. The zero-order valence-electron chi connectivity index (χ0n) is 7.77. The topological polar surface area (TPSA) is 84.3 Å². The molecule has 0 bridgehead atoms. The van der Waals surface area contributed by atoms with Gasteiger partial charge in [0.05, 0.1) is 13.2 Å². The van der Waals surface area contributed by atoms with Gasteiger partial charge in [0.1, 0.15) is 6.23 Å². The van der Waals surface area contributed by atoms with Crippen molar-refractivity contribution in [3.63, 3.8) is 0 Å². The number of hydrogen-bond acceptors (Lipinski definition) is 4. The molecule has 0 aliphatic rings. The maximum Gasteiger partial charge on any atom is 0.330 e. The predicted octanol–water partition coefficient (Wildman–Crippen LogP) is -0.936. The minimum absolute atomic E-state index is 0.109. The number of aliphatic hydroxyl groups excluding tert-OH is 1. The van der Waals surface area contributed by atoms with Gasteiger partial charge < -0.3 is 9.84 Å². The maximum absolute atomic E-state index is 11.2. The van der Waals surface area contributed by atoms with Crippen molar-refractivity contribution in [3.05, 3.63) is 33.1 Å². The normalized spacial score (nSPS) is 12.7. The van der Waals surface area contributed by atoms with Gasteiger partial charge in [-0.1, -0.05) is 0 Å². The van der Waals surface area contributed by atoms with E-state index in [4.69, 9.17) is 9.84 Å². The van der Waals surface area contributed by atoms with E-state index in [1.807, 2.05) is 0 Å². The van der Waals surface area contributed by atoms with Gasteiger partial charge >= 0.3 is 5.69 Å². The Morgan fingerprint density at radius 2 is 2.36 bits per heavy atom. The number of H-pyrrole nitrogens is 1. The van der Waals surface area contributed by atoms with Crippen molar-refractivity contribution in [2.75, 3.05) is 13.2 Å². The van der Waals surface area contributed by atoms with Crippen LogP contribution < -0.4 is 11.2 Å². The number of ether oxygens (including phenoxy) is 1. The molecule has 0 aromatic carbocycles. The minimum atomic E-state index is -0.525. The summed E-state index contributed by atoms with van der Waals surface area (Å²) in [5.41, 5.74) is -0.969. The quantitative estimate of drug-likeness (QED) is 0.657. The van der Waals surface area contributed by atoms with E-state index in [1.165, 1.54) is 16.8 Å². The van der Waals surface area contributed by atoms with E-state index in [1.54, 1.807) is 6.92 Å². The Labute approximate surface area is 79.8 Å². The molecule has 6 heteroatoms. The Balaban J connectivity index is 2.85. The van der Waals surface area contributed by atoms with Gasteiger partial charge in [0.25, 0.3) is 5.56 Å². The summed E-state index contributed by atoms with van der Waals surface area (Å²) in [6.45, 7) is 1.69. The largest absolute Gasteiger partial charge is 0.394 e. The standard InChI is InChI=1S/C8H12N2O4/c1-6(14-5-4-11)10-3-2-7(12)9-8(10)13/h2-3,6,11H,4-5H2,1H3,(H,9,12,13). The number of nitrogens with zero attached hydrogens (tertiary/aromatic N) is 1. The van der Waals surface area contributed by atoms with Crippen LogP contribution in [0.4, 0.5) is 0 Å². The number of aromatic nitrogens is 2. The molecule has 0 aliphatic heterocycles. The number of aromatic amines is 1. The van der Waals surface area contributed by atoms with E-state index in [-0.39, 0.29) is 13.2 Å². The summed E-state index contributed by atoms with van der Waals surface area (Å²) in [6.07, 6.45) is 0.843. The molecule has 1 unspecified atom stereocenters. The molecule has 0 saturated carbocycles. The average molecular weight is 200 g/mol. The number of nitrogens with one attached hydrogen (secondary N) is 1. The van der Waals surface area contributed by atoms with Gasteiger partial charge in [0.15, 0.2) is 0 Å². The van der Waals surface area contributed by atoms with E-state index in [9.17, 15) is 9.59 Å². The van der Waals surface area contributed by atoms with Crippen molar-refractivity contribution < 1.29 is 9.84 Å². The van der Waals surface area contributed by atoms with E-state index in [2.05, 4.69) is 4.98 Å². The first-order valence-electron chi connectivity index (χ1n) is 4.19. The second-order valence-corrected chi connectivity index (χ2v) is 2.71. The highest BCUT2D eigenvalue weighted by Gasteiger charge is 2.05. The van der Waals surface area contributed by atoms with Gasteiger partial charge in [-0.3, -0.25) is 14.3 Å². The van der Waals surface area contributed by atoms with Crippen molar-refractivity contribution in [2.24, 2.45) is 0 Å². The van der Waals surface area contributed by atoms with Crippen LogP contribution >= 0.6 is 0 Å². The fourth-order valence-corrected chi connectivity index (χ4v) is 1.02. The van der Waals surface area contributed by atoms with Gasteiger partial charge in [-0.25, -0.2) is 4.79 Å². The van der Waals surface area contributed by atoms with Crippen LogP contribution in [0.2, 0.25) is 0 Å². The third kappa shape index (κ3) is 2.54. The molecule has 0 aliphatic carbocycles. The smallest absolute Gasteiger partial charge is 0.330 e. The molecule has 6 nitrogen and oxygen atoms in total. The molecular formula is C8H12N2O4. The first kappa shape index (κ1) is 10.7. The highest BCUT2D eigenvalue weighted by atomic mass is 16.5. The zero-order chi connectivity index (χ0) is 10.6. The Kier molecular flexibility index (Phi) is 3.61. The van der Waals surface area contributed by atoms with Gasteiger partial charge in [-0.05, 0) is 6.92 Å². The van der Waals surface area contributed by atoms with Crippen LogP contribution in [0.1, 0.15) is 13.2 Å². The molecule has 2 N–H and O–H groups in total. The van der Waals surface area contributed by atoms with Crippen LogP contribution in [0.5, 0.6) is 0 Å². The fourth-order valence-electron chi connectivity index (χ4n) is 1.02. The van der Waals surface area contributed by atoms with E-state index < -0.39 is 17.5 Å². The van der Waals surface area contributed by atoms with Crippen molar-refractivity contribution in [1.82, 2.24) is 9.55 Å². The Morgan fingerprint density at radius 1 is 1.64 bits per heavy atom. The summed E-state index contributed by atoms with van der Waals surface area (Å²) in [4.78, 5) is 24.0. The number of hydrogen-bond donors (Lipinski definition) is 2. The molecule has 0 saturated heterocycles.